The van der Waals surface area contributed by atoms with E-state index in [9.17, 15) is 14.4 Å². The minimum absolute atomic E-state index is 0.123. The summed E-state index contributed by atoms with van der Waals surface area (Å²) in [6.45, 7) is 6.47. The minimum atomic E-state index is -0.834. The molecule has 0 amide bonds. The van der Waals surface area contributed by atoms with Gasteiger partial charge >= 0.3 is 17.9 Å². The number of unbranched alkanes of at least 4 members (excludes halogenated alkanes) is 19. The molecule has 0 aromatic carbocycles. The first-order chi connectivity index (χ1) is 33.0. The summed E-state index contributed by atoms with van der Waals surface area (Å²) >= 11 is 0. The van der Waals surface area contributed by atoms with Crippen molar-refractivity contribution in [1.29, 1.82) is 0 Å². The molecule has 0 bridgehead atoms. The maximum absolute atomic E-state index is 12.8. The summed E-state index contributed by atoms with van der Waals surface area (Å²) in [5.41, 5.74) is 0. The molecule has 67 heavy (non-hydrogen) atoms. The molecule has 6 nitrogen and oxygen atoms in total. The van der Waals surface area contributed by atoms with E-state index in [1.54, 1.807) is 0 Å². The molecule has 1 atom stereocenters. The fourth-order valence-electron chi connectivity index (χ4n) is 7.07. The monoisotopic (exact) mass is 929 g/mol. The summed E-state index contributed by atoms with van der Waals surface area (Å²) < 4.78 is 16.7. The standard InChI is InChI=1S/C61H100O6/c1-4-7-10-13-16-19-22-25-28-30-33-36-39-42-45-48-51-54-60(63)66-57-58(56-65-59(62)53-50-47-44-41-38-35-32-27-24-21-18-15-12-9-6-3)67-61(64)55-52-49-46-43-40-37-34-31-29-26-23-20-17-14-11-8-5-2/h16-17,19-20,25-29,32-34,36-37,42-43,45-46,58H,4-15,18,21-24,30-31,35,38-41,44,47-57H2,1-3H3/b19-16-,20-17-,28-25-,29-26-,32-27-,36-33-,37-34-,45-42-,46-43-/t58-/m0/s1. The highest BCUT2D eigenvalue weighted by atomic mass is 16.6. The van der Waals surface area contributed by atoms with Gasteiger partial charge in [-0.3, -0.25) is 14.4 Å². The second-order valence-electron chi connectivity index (χ2n) is 17.8. The normalized spacial score (nSPS) is 12.9. The van der Waals surface area contributed by atoms with Gasteiger partial charge in [0.15, 0.2) is 6.10 Å². The smallest absolute Gasteiger partial charge is 0.306 e. The number of hydrogen-bond acceptors (Lipinski definition) is 6. The zero-order chi connectivity index (χ0) is 48.6. The molecule has 0 saturated heterocycles. The lowest BCUT2D eigenvalue weighted by Crippen LogP contribution is -2.30. The molecule has 0 heterocycles. The van der Waals surface area contributed by atoms with Crippen LogP contribution in [-0.4, -0.2) is 37.2 Å². The second kappa shape index (κ2) is 54.7. The van der Waals surface area contributed by atoms with Crippen LogP contribution in [0.1, 0.15) is 239 Å². The van der Waals surface area contributed by atoms with Gasteiger partial charge in [-0.05, 0) is 122 Å². The quantitative estimate of drug-likeness (QED) is 0.0262. The third-order valence-electron chi connectivity index (χ3n) is 11.2. The fourth-order valence-corrected chi connectivity index (χ4v) is 7.07. The van der Waals surface area contributed by atoms with E-state index in [0.717, 1.165) is 83.5 Å². The molecule has 0 spiro atoms. The summed E-state index contributed by atoms with van der Waals surface area (Å²) in [4.78, 5) is 38.0. The molecule has 0 aromatic rings. The van der Waals surface area contributed by atoms with Gasteiger partial charge in [0.1, 0.15) is 13.2 Å². The summed E-state index contributed by atoms with van der Waals surface area (Å²) in [5.74, 6) is -1.05. The van der Waals surface area contributed by atoms with Crippen LogP contribution in [0.2, 0.25) is 0 Å². The van der Waals surface area contributed by atoms with Gasteiger partial charge in [0, 0.05) is 19.3 Å². The van der Waals surface area contributed by atoms with Gasteiger partial charge < -0.3 is 14.2 Å². The average Bonchev–Trinajstić information content (AvgIpc) is 3.33. The van der Waals surface area contributed by atoms with E-state index in [1.807, 2.05) is 0 Å². The summed E-state index contributed by atoms with van der Waals surface area (Å²) in [6, 6.07) is 0. The second-order valence-corrected chi connectivity index (χ2v) is 17.8. The van der Waals surface area contributed by atoms with Crippen molar-refractivity contribution in [2.75, 3.05) is 13.2 Å². The van der Waals surface area contributed by atoms with Crippen molar-refractivity contribution in [3.63, 3.8) is 0 Å². The van der Waals surface area contributed by atoms with E-state index in [1.165, 1.54) is 103 Å². The van der Waals surface area contributed by atoms with Crippen LogP contribution in [-0.2, 0) is 28.6 Å². The Labute approximate surface area is 412 Å². The molecule has 6 heteroatoms. The van der Waals surface area contributed by atoms with Gasteiger partial charge in [-0.2, -0.15) is 0 Å². The van der Waals surface area contributed by atoms with Crippen LogP contribution in [0.25, 0.3) is 0 Å². The summed E-state index contributed by atoms with van der Waals surface area (Å²) in [5, 5.41) is 0. The number of rotatable bonds is 48. The summed E-state index contributed by atoms with van der Waals surface area (Å²) in [7, 11) is 0. The van der Waals surface area contributed by atoms with Crippen molar-refractivity contribution in [1.82, 2.24) is 0 Å². The zero-order valence-electron chi connectivity index (χ0n) is 43.4. The number of carbonyl (C=O) groups is 3. The Morgan fingerprint density at radius 2 is 0.552 bits per heavy atom. The van der Waals surface area contributed by atoms with Crippen molar-refractivity contribution in [2.24, 2.45) is 0 Å². The van der Waals surface area contributed by atoms with E-state index in [0.29, 0.717) is 19.3 Å². The predicted octanol–water partition coefficient (Wildman–Crippen LogP) is 18.3. The van der Waals surface area contributed by atoms with Crippen LogP contribution in [0.3, 0.4) is 0 Å². The maximum Gasteiger partial charge on any atom is 0.306 e. The predicted molar refractivity (Wildman–Crippen MR) is 288 cm³/mol. The van der Waals surface area contributed by atoms with Crippen molar-refractivity contribution >= 4 is 17.9 Å². The Bertz CT molecular complexity index is 1390. The Balaban J connectivity index is 4.59. The topological polar surface area (TPSA) is 78.9 Å². The van der Waals surface area contributed by atoms with E-state index in [4.69, 9.17) is 14.2 Å². The third kappa shape index (κ3) is 52.9. The molecular formula is C61H100O6. The van der Waals surface area contributed by atoms with Crippen LogP contribution in [0.4, 0.5) is 0 Å². The number of ether oxygens (including phenoxy) is 3. The van der Waals surface area contributed by atoms with Crippen molar-refractivity contribution < 1.29 is 28.6 Å². The van der Waals surface area contributed by atoms with Gasteiger partial charge in [0.25, 0.3) is 0 Å². The first kappa shape index (κ1) is 63.1. The number of esters is 3. The largest absolute Gasteiger partial charge is 0.462 e. The fraction of sp³-hybridized carbons (Fsp3) is 0.656. The molecule has 0 N–H and O–H groups in total. The molecule has 0 saturated carbocycles. The van der Waals surface area contributed by atoms with Crippen LogP contribution in [0.15, 0.2) is 109 Å². The highest BCUT2D eigenvalue weighted by Gasteiger charge is 2.19. The van der Waals surface area contributed by atoms with E-state index in [2.05, 4.69) is 130 Å². The maximum atomic E-state index is 12.8. The molecule has 0 rings (SSSR count). The first-order valence-corrected chi connectivity index (χ1v) is 27.4. The highest BCUT2D eigenvalue weighted by molar-refractivity contribution is 5.71. The number of allylic oxidation sites excluding steroid dienone is 18. The van der Waals surface area contributed by atoms with E-state index < -0.39 is 6.10 Å². The zero-order valence-corrected chi connectivity index (χ0v) is 43.4. The van der Waals surface area contributed by atoms with Gasteiger partial charge in [-0.25, -0.2) is 0 Å². The molecular weight excluding hydrogens is 829 g/mol. The van der Waals surface area contributed by atoms with Crippen molar-refractivity contribution in [3.05, 3.63) is 109 Å². The van der Waals surface area contributed by atoms with Crippen LogP contribution < -0.4 is 0 Å². The number of carbonyl (C=O) groups excluding carboxylic acids is 3. The molecule has 0 aromatic heterocycles. The SMILES string of the molecule is CCCCC/C=C\C/C=C\C/C=C\C/C=C\CCCC(=O)OC[C@H](COC(=O)CCCCCCC/C=C\CCCCCCCC)OC(=O)CCC/C=C\C/C=C\C/C=C\C/C=C\CCCCC. The van der Waals surface area contributed by atoms with E-state index >= 15 is 0 Å². The van der Waals surface area contributed by atoms with Crippen molar-refractivity contribution in [3.8, 4) is 0 Å². The Hall–Kier alpha value is -3.93. The lowest BCUT2D eigenvalue weighted by Gasteiger charge is -2.18. The molecule has 0 aliphatic carbocycles. The van der Waals surface area contributed by atoms with Crippen molar-refractivity contribution in [2.45, 2.75) is 245 Å². The Kier molecular flexibility index (Phi) is 51.5. The molecule has 0 aliphatic rings. The van der Waals surface area contributed by atoms with Crippen LogP contribution in [0, 0.1) is 0 Å². The minimum Gasteiger partial charge on any atom is -0.462 e. The molecule has 0 aliphatic heterocycles. The summed E-state index contributed by atoms with van der Waals surface area (Å²) in [6.07, 6.45) is 73.7. The molecule has 0 fully saturated rings. The Morgan fingerprint density at radius 3 is 0.940 bits per heavy atom. The lowest BCUT2D eigenvalue weighted by atomic mass is 10.1. The average molecular weight is 929 g/mol. The Morgan fingerprint density at radius 1 is 0.299 bits per heavy atom. The molecule has 0 unspecified atom stereocenters. The van der Waals surface area contributed by atoms with Gasteiger partial charge in [0.2, 0.25) is 0 Å². The first-order valence-electron chi connectivity index (χ1n) is 27.4. The number of hydrogen-bond donors (Lipinski definition) is 0. The van der Waals surface area contributed by atoms with Gasteiger partial charge in [0.05, 0.1) is 0 Å². The van der Waals surface area contributed by atoms with Gasteiger partial charge in [-0.1, -0.05) is 207 Å². The van der Waals surface area contributed by atoms with Gasteiger partial charge in [-0.15, -0.1) is 0 Å². The highest BCUT2D eigenvalue weighted by Crippen LogP contribution is 2.12. The van der Waals surface area contributed by atoms with E-state index in [-0.39, 0.29) is 44.0 Å². The molecule has 0 radical (unpaired) electrons. The molecule has 380 valence electrons. The van der Waals surface area contributed by atoms with Crippen LogP contribution in [0.5, 0.6) is 0 Å². The lowest BCUT2D eigenvalue weighted by molar-refractivity contribution is -0.167. The third-order valence-corrected chi connectivity index (χ3v) is 11.2. The van der Waals surface area contributed by atoms with Crippen LogP contribution >= 0.6 is 0 Å².